The van der Waals surface area contributed by atoms with Crippen molar-refractivity contribution in [1.29, 1.82) is 0 Å². The predicted molar refractivity (Wildman–Crippen MR) is 95.3 cm³/mol. The zero-order valence-electron chi connectivity index (χ0n) is 14.9. The Bertz CT molecular complexity index is 586. The van der Waals surface area contributed by atoms with Crippen LogP contribution < -0.4 is 5.32 Å². The molecular formula is C19H27N3O3. The summed E-state index contributed by atoms with van der Waals surface area (Å²) in [5.74, 6) is 0.226. The topological polar surface area (TPSA) is 61.9 Å². The van der Waals surface area contributed by atoms with Crippen molar-refractivity contribution in [2.45, 2.75) is 12.8 Å². The summed E-state index contributed by atoms with van der Waals surface area (Å²) in [4.78, 5) is 29.4. The highest BCUT2D eigenvalue weighted by Gasteiger charge is 2.43. The second kappa shape index (κ2) is 7.97. The van der Waals surface area contributed by atoms with Crippen LogP contribution in [0.1, 0.15) is 23.2 Å². The van der Waals surface area contributed by atoms with Gasteiger partial charge in [0.05, 0.1) is 12.0 Å². The molecule has 0 aliphatic carbocycles. The Morgan fingerprint density at radius 1 is 1.04 bits per heavy atom. The van der Waals surface area contributed by atoms with E-state index in [9.17, 15) is 9.59 Å². The van der Waals surface area contributed by atoms with Crippen LogP contribution in [0.2, 0.25) is 0 Å². The van der Waals surface area contributed by atoms with Crippen molar-refractivity contribution in [3.8, 4) is 0 Å². The maximum absolute atomic E-state index is 13.1. The molecule has 3 rings (SSSR count). The molecule has 0 radical (unpaired) electrons. The van der Waals surface area contributed by atoms with Crippen LogP contribution in [-0.2, 0) is 9.53 Å². The van der Waals surface area contributed by atoms with Crippen molar-refractivity contribution >= 4 is 11.8 Å². The molecule has 6 heteroatoms. The van der Waals surface area contributed by atoms with Crippen LogP contribution >= 0.6 is 0 Å². The minimum atomic E-state index is -0.411. The molecule has 1 N–H and O–H groups in total. The number of benzene rings is 1. The number of carbonyl (C=O) groups is 2. The van der Waals surface area contributed by atoms with E-state index in [1.54, 1.807) is 7.11 Å². The van der Waals surface area contributed by atoms with E-state index in [-0.39, 0.29) is 11.8 Å². The molecule has 1 aromatic rings. The number of methoxy groups -OCH3 is 1. The molecule has 0 saturated carbocycles. The predicted octanol–water partition coefficient (Wildman–Crippen LogP) is 0.987. The van der Waals surface area contributed by atoms with E-state index < -0.39 is 5.41 Å². The quantitative estimate of drug-likeness (QED) is 0.884. The van der Waals surface area contributed by atoms with Gasteiger partial charge < -0.3 is 19.9 Å². The van der Waals surface area contributed by atoms with Gasteiger partial charge in [0.25, 0.3) is 5.91 Å². The Hall–Kier alpha value is -1.92. The van der Waals surface area contributed by atoms with E-state index in [4.69, 9.17) is 4.74 Å². The fraction of sp³-hybridized carbons (Fsp3) is 0.579. The first-order valence-electron chi connectivity index (χ1n) is 9.00. The monoisotopic (exact) mass is 345 g/mol. The summed E-state index contributed by atoms with van der Waals surface area (Å²) in [7, 11) is 1.66. The molecular weight excluding hydrogens is 318 g/mol. The van der Waals surface area contributed by atoms with Crippen LogP contribution in [0, 0.1) is 5.41 Å². The number of nitrogens with one attached hydrogen (secondary N) is 1. The molecule has 2 amide bonds. The first-order chi connectivity index (χ1) is 12.2. The molecule has 1 aromatic carbocycles. The van der Waals surface area contributed by atoms with E-state index in [0.29, 0.717) is 38.3 Å². The molecule has 0 aromatic heterocycles. The van der Waals surface area contributed by atoms with Crippen LogP contribution in [0.3, 0.4) is 0 Å². The highest BCUT2D eigenvalue weighted by molar-refractivity contribution is 5.94. The highest BCUT2D eigenvalue weighted by atomic mass is 16.5. The SMILES string of the molecule is COCC1(C(=O)N2CCN(C(=O)c3ccccc3)CC2)CCNCC1. The van der Waals surface area contributed by atoms with Crippen molar-refractivity contribution in [2.75, 3.05) is 53.0 Å². The summed E-state index contributed by atoms with van der Waals surface area (Å²) >= 11 is 0. The number of ether oxygens (including phenoxy) is 1. The molecule has 6 nitrogen and oxygen atoms in total. The maximum atomic E-state index is 13.1. The van der Waals surface area contributed by atoms with Crippen LogP contribution in [0.5, 0.6) is 0 Å². The van der Waals surface area contributed by atoms with Gasteiger partial charge in [-0.05, 0) is 38.1 Å². The maximum Gasteiger partial charge on any atom is 0.253 e. The Morgan fingerprint density at radius 2 is 1.64 bits per heavy atom. The standard InChI is InChI=1S/C19H27N3O3/c1-25-15-19(7-9-20-10-8-19)18(24)22-13-11-21(12-14-22)17(23)16-5-3-2-4-6-16/h2-6,20H,7-15H2,1H3. The van der Waals surface area contributed by atoms with E-state index in [2.05, 4.69) is 5.32 Å². The van der Waals surface area contributed by atoms with Crippen molar-refractivity contribution in [2.24, 2.45) is 5.41 Å². The minimum Gasteiger partial charge on any atom is -0.384 e. The van der Waals surface area contributed by atoms with E-state index in [1.165, 1.54) is 0 Å². The molecule has 2 aliphatic heterocycles. The number of piperazine rings is 1. The third-order valence-electron chi connectivity index (χ3n) is 5.31. The number of rotatable bonds is 4. The van der Waals surface area contributed by atoms with Crippen LogP contribution in [0.25, 0.3) is 0 Å². The van der Waals surface area contributed by atoms with Gasteiger partial charge in [0.15, 0.2) is 0 Å². The summed E-state index contributed by atoms with van der Waals surface area (Å²) in [6, 6.07) is 9.32. The number of amides is 2. The molecule has 2 fully saturated rings. The highest BCUT2D eigenvalue weighted by Crippen LogP contribution is 2.32. The second-order valence-electron chi connectivity index (χ2n) is 6.91. The lowest BCUT2D eigenvalue weighted by Gasteiger charge is -2.42. The number of piperidine rings is 1. The summed E-state index contributed by atoms with van der Waals surface area (Å²) < 4.78 is 5.37. The van der Waals surface area contributed by atoms with Gasteiger partial charge in [0.1, 0.15) is 0 Å². The lowest BCUT2D eigenvalue weighted by atomic mass is 9.78. The third kappa shape index (κ3) is 3.85. The summed E-state index contributed by atoms with van der Waals surface area (Å²) in [6.07, 6.45) is 1.62. The zero-order valence-corrected chi connectivity index (χ0v) is 14.9. The van der Waals surface area contributed by atoms with Gasteiger partial charge in [-0.25, -0.2) is 0 Å². The van der Waals surface area contributed by atoms with Crippen LogP contribution in [-0.4, -0.2) is 74.6 Å². The Kier molecular flexibility index (Phi) is 5.71. The first-order valence-corrected chi connectivity index (χ1v) is 9.00. The summed E-state index contributed by atoms with van der Waals surface area (Å²) in [6.45, 7) is 4.52. The van der Waals surface area contributed by atoms with Crippen molar-refractivity contribution < 1.29 is 14.3 Å². The van der Waals surface area contributed by atoms with Gasteiger partial charge in [0.2, 0.25) is 5.91 Å². The molecule has 0 spiro atoms. The van der Waals surface area contributed by atoms with Gasteiger partial charge in [-0.15, -0.1) is 0 Å². The normalized spacial score (nSPS) is 20.4. The molecule has 2 saturated heterocycles. The average Bonchev–Trinajstić information content (AvgIpc) is 2.68. The number of nitrogens with zero attached hydrogens (tertiary/aromatic N) is 2. The summed E-state index contributed by atoms with van der Waals surface area (Å²) in [5.41, 5.74) is 0.294. The van der Waals surface area contributed by atoms with Gasteiger partial charge in [0, 0.05) is 38.9 Å². The minimum absolute atomic E-state index is 0.0428. The molecule has 2 aliphatic rings. The Labute approximate surface area is 149 Å². The lowest BCUT2D eigenvalue weighted by molar-refractivity contribution is -0.149. The fourth-order valence-corrected chi connectivity index (χ4v) is 3.81. The van der Waals surface area contributed by atoms with Gasteiger partial charge >= 0.3 is 0 Å². The molecule has 0 bridgehead atoms. The molecule has 0 atom stereocenters. The smallest absolute Gasteiger partial charge is 0.253 e. The first kappa shape index (κ1) is 17.9. The van der Waals surface area contributed by atoms with E-state index in [1.807, 2.05) is 40.1 Å². The van der Waals surface area contributed by atoms with Crippen molar-refractivity contribution in [1.82, 2.24) is 15.1 Å². The van der Waals surface area contributed by atoms with Crippen molar-refractivity contribution in [3.05, 3.63) is 35.9 Å². The Morgan fingerprint density at radius 3 is 2.24 bits per heavy atom. The van der Waals surface area contributed by atoms with Gasteiger partial charge in [-0.2, -0.15) is 0 Å². The fourth-order valence-electron chi connectivity index (χ4n) is 3.81. The van der Waals surface area contributed by atoms with Crippen LogP contribution in [0.4, 0.5) is 0 Å². The summed E-state index contributed by atoms with van der Waals surface area (Å²) in [5, 5.41) is 3.32. The van der Waals surface area contributed by atoms with E-state index >= 15 is 0 Å². The van der Waals surface area contributed by atoms with E-state index in [0.717, 1.165) is 25.9 Å². The molecule has 25 heavy (non-hydrogen) atoms. The van der Waals surface area contributed by atoms with Crippen LogP contribution in [0.15, 0.2) is 30.3 Å². The van der Waals surface area contributed by atoms with Gasteiger partial charge in [-0.1, -0.05) is 18.2 Å². The Balaban J connectivity index is 1.61. The zero-order chi connectivity index (χ0) is 17.7. The number of hydrogen-bond acceptors (Lipinski definition) is 4. The third-order valence-corrected chi connectivity index (χ3v) is 5.31. The van der Waals surface area contributed by atoms with Gasteiger partial charge in [-0.3, -0.25) is 9.59 Å². The molecule has 2 heterocycles. The largest absolute Gasteiger partial charge is 0.384 e. The number of hydrogen-bond donors (Lipinski definition) is 1. The average molecular weight is 345 g/mol. The number of carbonyl (C=O) groups excluding carboxylic acids is 2. The lowest BCUT2D eigenvalue weighted by Crippen LogP contribution is -2.57. The molecule has 136 valence electrons. The second-order valence-corrected chi connectivity index (χ2v) is 6.91. The molecule has 0 unspecified atom stereocenters. The van der Waals surface area contributed by atoms with Crippen molar-refractivity contribution in [3.63, 3.8) is 0 Å².